The Kier molecular flexibility index (Phi) is 6.81. The van der Waals surface area contributed by atoms with Crippen molar-refractivity contribution in [2.24, 2.45) is 0 Å². The number of ether oxygens (including phenoxy) is 1. The van der Waals surface area contributed by atoms with Crippen LogP contribution in [0.4, 0.5) is 0 Å². The van der Waals surface area contributed by atoms with Crippen molar-refractivity contribution in [3.63, 3.8) is 0 Å². The zero-order valence-corrected chi connectivity index (χ0v) is 13.9. The highest BCUT2D eigenvalue weighted by Gasteiger charge is 2.21. The quantitative estimate of drug-likeness (QED) is 0.714. The summed E-state index contributed by atoms with van der Waals surface area (Å²) in [6, 6.07) is 10.1. The predicted molar refractivity (Wildman–Crippen MR) is 90.2 cm³/mol. The van der Waals surface area contributed by atoms with E-state index in [9.17, 15) is 4.79 Å². The fraction of sp³-hybridized carbons (Fsp3) is 0.444. The first kappa shape index (κ1) is 17.2. The van der Waals surface area contributed by atoms with Crippen LogP contribution in [0.1, 0.15) is 24.9 Å². The molecule has 1 amide bonds. The fourth-order valence-electron chi connectivity index (χ4n) is 2.54. The zero-order valence-electron chi connectivity index (χ0n) is 13.9. The Morgan fingerprint density at radius 1 is 1.30 bits per heavy atom. The summed E-state index contributed by atoms with van der Waals surface area (Å²) in [5.41, 5.74) is 1.30. The van der Waals surface area contributed by atoms with Crippen molar-refractivity contribution in [3.8, 4) is 0 Å². The standard InChI is InChI=1S/C18H25N3O2/c1-16(21-12-10-19-15-21)18(22)20(13-14-23-2)11-6-9-17-7-4-3-5-8-17/h3-5,7-8,10,12,15-16H,6,9,11,13-14H2,1-2H3/t16-/m0/s1. The Labute approximate surface area is 137 Å². The Bertz CT molecular complexity index is 569. The van der Waals surface area contributed by atoms with E-state index in [0.29, 0.717) is 13.2 Å². The summed E-state index contributed by atoms with van der Waals surface area (Å²) >= 11 is 0. The van der Waals surface area contributed by atoms with E-state index in [4.69, 9.17) is 4.74 Å². The van der Waals surface area contributed by atoms with Crippen molar-refractivity contribution < 1.29 is 9.53 Å². The Morgan fingerprint density at radius 3 is 2.74 bits per heavy atom. The van der Waals surface area contributed by atoms with E-state index in [1.54, 1.807) is 19.6 Å². The molecule has 1 aromatic heterocycles. The molecule has 1 heterocycles. The third-order valence-electron chi connectivity index (χ3n) is 3.94. The van der Waals surface area contributed by atoms with Crippen LogP contribution in [0.25, 0.3) is 0 Å². The molecular weight excluding hydrogens is 290 g/mol. The summed E-state index contributed by atoms with van der Waals surface area (Å²) in [5.74, 6) is 0.105. The minimum atomic E-state index is -0.244. The molecular formula is C18H25N3O2. The molecule has 0 fully saturated rings. The maximum absolute atomic E-state index is 12.7. The lowest BCUT2D eigenvalue weighted by atomic mass is 10.1. The molecule has 0 radical (unpaired) electrons. The summed E-state index contributed by atoms with van der Waals surface area (Å²) in [7, 11) is 1.66. The number of amides is 1. The highest BCUT2D eigenvalue weighted by molar-refractivity contribution is 5.80. The van der Waals surface area contributed by atoms with Crippen LogP contribution in [-0.4, -0.2) is 47.2 Å². The van der Waals surface area contributed by atoms with Gasteiger partial charge in [0.1, 0.15) is 6.04 Å². The first-order chi connectivity index (χ1) is 11.2. The number of aromatic nitrogens is 2. The van der Waals surface area contributed by atoms with Crippen LogP contribution in [0.3, 0.4) is 0 Å². The lowest BCUT2D eigenvalue weighted by Crippen LogP contribution is -2.39. The molecule has 0 aliphatic heterocycles. The Balaban J connectivity index is 1.91. The molecule has 5 nitrogen and oxygen atoms in total. The number of imidazole rings is 1. The van der Waals surface area contributed by atoms with Gasteiger partial charge in [-0.05, 0) is 25.3 Å². The first-order valence-corrected chi connectivity index (χ1v) is 8.01. The maximum Gasteiger partial charge on any atom is 0.245 e. The fourth-order valence-corrected chi connectivity index (χ4v) is 2.54. The number of benzene rings is 1. The van der Waals surface area contributed by atoms with E-state index in [0.717, 1.165) is 19.4 Å². The molecule has 2 rings (SSSR count). The summed E-state index contributed by atoms with van der Waals surface area (Å²) in [6.07, 6.45) is 7.11. The number of rotatable bonds is 9. The Morgan fingerprint density at radius 2 is 2.09 bits per heavy atom. The van der Waals surface area contributed by atoms with Crippen LogP contribution in [0.2, 0.25) is 0 Å². The minimum absolute atomic E-state index is 0.105. The van der Waals surface area contributed by atoms with Gasteiger partial charge in [-0.25, -0.2) is 4.98 Å². The number of aryl methyl sites for hydroxylation is 1. The van der Waals surface area contributed by atoms with Gasteiger partial charge < -0.3 is 14.2 Å². The third-order valence-corrected chi connectivity index (χ3v) is 3.94. The number of hydrogen-bond acceptors (Lipinski definition) is 3. The van der Waals surface area contributed by atoms with Crippen LogP contribution >= 0.6 is 0 Å². The van der Waals surface area contributed by atoms with Gasteiger partial charge >= 0.3 is 0 Å². The number of carbonyl (C=O) groups is 1. The van der Waals surface area contributed by atoms with Crippen LogP contribution in [0, 0.1) is 0 Å². The molecule has 1 aromatic carbocycles. The van der Waals surface area contributed by atoms with Crippen molar-refractivity contribution >= 4 is 5.91 Å². The summed E-state index contributed by atoms with van der Waals surface area (Å²) in [4.78, 5) is 18.6. The number of methoxy groups -OCH3 is 1. The molecule has 1 atom stereocenters. The lowest BCUT2D eigenvalue weighted by Gasteiger charge is -2.26. The molecule has 0 spiro atoms. The van der Waals surface area contributed by atoms with Gasteiger partial charge in [-0.3, -0.25) is 4.79 Å². The van der Waals surface area contributed by atoms with E-state index in [1.165, 1.54) is 5.56 Å². The molecule has 5 heteroatoms. The highest BCUT2D eigenvalue weighted by atomic mass is 16.5. The van der Waals surface area contributed by atoms with Crippen molar-refractivity contribution in [3.05, 3.63) is 54.6 Å². The molecule has 0 bridgehead atoms. The molecule has 124 valence electrons. The third kappa shape index (κ3) is 5.21. The minimum Gasteiger partial charge on any atom is -0.383 e. The molecule has 23 heavy (non-hydrogen) atoms. The Hall–Kier alpha value is -2.14. The molecule has 0 saturated heterocycles. The van der Waals surface area contributed by atoms with E-state index < -0.39 is 0 Å². The van der Waals surface area contributed by atoms with Crippen molar-refractivity contribution in [1.82, 2.24) is 14.5 Å². The van der Waals surface area contributed by atoms with Gasteiger partial charge in [0.2, 0.25) is 5.91 Å². The second-order valence-corrected chi connectivity index (χ2v) is 5.59. The van der Waals surface area contributed by atoms with Crippen LogP contribution in [-0.2, 0) is 16.0 Å². The average molecular weight is 315 g/mol. The molecule has 0 saturated carbocycles. The van der Waals surface area contributed by atoms with E-state index >= 15 is 0 Å². The van der Waals surface area contributed by atoms with Crippen molar-refractivity contribution in [2.75, 3.05) is 26.8 Å². The topological polar surface area (TPSA) is 47.4 Å². The normalized spacial score (nSPS) is 12.1. The second kappa shape index (κ2) is 9.10. The average Bonchev–Trinajstić information content (AvgIpc) is 3.12. The SMILES string of the molecule is COCCN(CCCc1ccccc1)C(=O)[C@H](C)n1ccnc1. The number of carbonyl (C=O) groups excluding carboxylic acids is 1. The predicted octanol–water partition coefficient (Wildman–Crippen LogP) is 2.55. The van der Waals surface area contributed by atoms with E-state index in [1.807, 2.05) is 40.8 Å². The van der Waals surface area contributed by atoms with Crippen LogP contribution < -0.4 is 0 Å². The van der Waals surface area contributed by atoms with E-state index in [2.05, 4.69) is 17.1 Å². The molecule has 0 unspecified atom stereocenters. The van der Waals surface area contributed by atoms with Gasteiger partial charge in [-0.15, -0.1) is 0 Å². The smallest absolute Gasteiger partial charge is 0.245 e. The van der Waals surface area contributed by atoms with Gasteiger partial charge in [-0.1, -0.05) is 30.3 Å². The summed E-state index contributed by atoms with van der Waals surface area (Å²) < 4.78 is 6.98. The maximum atomic E-state index is 12.7. The summed E-state index contributed by atoms with van der Waals surface area (Å²) in [6.45, 7) is 3.80. The van der Waals surface area contributed by atoms with Crippen LogP contribution in [0.15, 0.2) is 49.1 Å². The van der Waals surface area contributed by atoms with Gasteiger partial charge in [0.05, 0.1) is 12.9 Å². The van der Waals surface area contributed by atoms with Crippen LogP contribution in [0.5, 0.6) is 0 Å². The van der Waals surface area contributed by atoms with Gasteiger partial charge in [0.25, 0.3) is 0 Å². The second-order valence-electron chi connectivity index (χ2n) is 5.59. The molecule has 0 N–H and O–H groups in total. The molecule has 2 aromatic rings. The number of hydrogen-bond donors (Lipinski definition) is 0. The summed E-state index contributed by atoms with van der Waals surface area (Å²) in [5, 5.41) is 0. The zero-order chi connectivity index (χ0) is 16.5. The molecule has 0 aliphatic rings. The first-order valence-electron chi connectivity index (χ1n) is 8.01. The number of nitrogens with zero attached hydrogens (tertiary/aromatic N) is 3. The van der Waals surface area contributed by atoms with E-state index in [-0.39, 0.29) is 11.9 Å². The van der Waals surface area contributed by atoms with Crippen molar-refractivity contribution in [1.29, 1.82) is 0 Å². The van der Waals surface area contributed by atoms with Gasteiger partial charge in [0.15, 0.2) is 0 Å². The highest BCUT2D eigenvalue weighted by Crippen LogP contribution is 2.11. The van der Waals surface area contributed by atoms with Gasteiger partial charge in [0, 0.05) is 32.6 Å². The van der Waals surface area contributed by atoms with Gasteiger partial charge in [-0.2, -0.15) is 0 Å². The largest absolute Gasteiger partial charge is 0.383 e. The molecule has 0 aliphatic carbocycles. The van der Waals surface area contributed by atoms with Crippen molar-refractivity contribution in [2.45, 2.75) is 25.8 Å². The lowest BCUT2D eigenvalue weighted by molar-refractivity contribution is -0.135. The monoisotopic (exact) mass is 315 g/mol.